The summed E-state index contributed by atoms with van der Waals surface area (Å²) in [4.78, 5) is 35.3. The molecule has 7 nitrogen and oxygen atoms in total. The second-order valence-corrected chi connectivity index (χ2v) is 8.43. The highest BCUT2D eigenvalue weighted by Crippen LogP contribution is 2.25. The number of nitrogens with zero attached hydrogens (tertiary/aromatic N) is 2. The highest BCUT2D eigenvalue weighted by Gasteiger charge is 2.30. The molecule has 1 fully saturated rings. The number of hydrogen-bond donors (Lipinski definition) is 3. The second-order valence-electron chi connectivity index (χ2n) is 8.43. The van der Waals surface area contributed by atoms with Crippen molar-refractivity contribution in [1.29, 1.82) is 0 Å². The lowest BCUT2D eigenvalue weighted by atomic mass is 9.94. The van der Waals surface area contributed by atoms with Crippen LogP contribution in [0.15, 0.2) is 54.6 Å². The Hall–Kier alpha value is -3.35. The third-order valence-corrected chi connectivity index (χ3v) is 5.84. The van der Waals surface area contributed by atoms with Gasteiger partial charge >= 0.3 is 6.03 Å². The van der Waals surface area contributed by atoms with E-state index in [0.29, 0.717) is 25.9 Å². The number of piperidine rings is 1. The monoisotopic (exact) mass is 419 g/mol. The number of fused-ring (bicyclic) bond motifs is 1. The fourth-order valence-electron chi connectivity index (χ4n) is 4.01. The van der Waals surface area contributed by atoms with Crippen molar-refractivity contribution in [2.75, 3.05) is 18.4 Å². The predicted octanol–water partition coefficient (Wildman–Crippen LogP) is 4.32. The molecule has 3 N–H and O–H groups in total. The van der Waals surface area contributed by atoms with E-state index in [1.54, 1.807) is 4.90 Å². The summed E-state index contributed by atoms with van der Waals surface area (Å²) >= 11 is 0. The maximum absolute atomic E-state index is 13.0. The predicted molar refractivity (Wildman–Crippen MR) is 122 cm³/mol. The summed E-state index contributed by atoms with van der Waals surface area (Å²) in [5, 5.41) is 6.11. The zero-order valence-electron chi connectivity index (χ0n) is 18.0. The number of likely N-dealkylation sites (tertiary alicyclic amines) is 1. The first kappa shape index (κ1) is 20.9. The lowest BCUT2D eigenvalue weighted by Gasteiger charge is -2.32. The fraction of sp³-hybridized carbons (Fsp3) is 0.375. The van der Waals surface area contributed by atoms with Crippen LogP contribution >= 0.6 is 0 Å². The number of hydrogen-bond acceptors (Lipinski definition) is 3. The Labute approximate surface area is 182 Å². The van der Waals surface area contributed by atoms with Crippen LogP contribution in [0.1, 0.15) is 38.6 Å². The molecule has 0 bridgehead atoms. The number of H-pyrrole nitrogens is 1. The van der Waals surface area contributed by atoms with Crippen LogP contribution in [0.4, 0.5) is 10.5 Å². The zero-order valence-corrected chi connectivity index (χ0v) is 18.0. The van der Waals surface area contributed by atoms with Gasteiger partial charge in [-0.25, -0.2) is 9.78 Å². The molecule has 0 aliphatic carbocycles. The molecule has 1 unspecified atom stereocenters. The number of amides is 3. The van der Waals surface area contributed by atoms with Crippen LogP contribution in [0.25, 0.3) is 11.0 Å². The van der Waals surface area contributed by atoms with Crippen molar-refractivity contribution in [3.63, 3.8) is 0 Å². The van der Waals surface area contributed by atoms with Crippen molar-refractivity contribution >= 4 is 28.7 Å². The molecule has 3 amide bonds. The number of rotatable bonds is 5. The Kier molecular flexibility index (Phi) is 6.21. The molecule has 2 heterocycles. The number of aromatic nitrogens is 2. The highest BCUT2D eigenvalue weighted by molar-refractivity contribution is 5.89. The number of para-hydroxylation sites is 3. The minimum Gasteiger partial charge on any atom is -0.346 e. The standard InChI is InChI=1S/C24H29N5O2/c1-16(2)21(22-26-19-10-6-7-11-20(19)27-22)28-23(30)17-12-14-29(15-13-17)24(31)25-18-8-4-3-5-9-18/h3-11,16-17,21H,12-15H2,1-2H3,(H,25,31)(H,26,27)(H,28,30). The summed E-state index contributed by atoms with van der Waals surface area (Å²) < 4.78 is 0. The number of aromatic amines is 1. The van der Waals surface area contributed by atoms with Gasteiger partial charge in [0.05, 0.1) is 17.1 Å². The first-order chi connectivity index (χ1) is 15.0. The number of nitrogens with one attached hydrogen (secondary N) is 3. The molecular formula is C24H29N5O2. The van der Waals surface area contributed by atoms with Gasteiger partial charge in [0.1, 0.15) is 5.82 Å². The summed E-state index contributed by atoms with van der Waals surface area (Å²) in [6, 6.07) is 17.0. The van der Waals surface area contributed by atoms with E-state index in [-0.39, 0.29) is 29.8 Å². The van der Waals surface area contributed by atoms with Gasteiger partial charge in [0.2, 0.25) is 5.91 Å². The second kappa shape index (κ2) is 9.20. The number of carbonyl (C=O) groups is 2. The van der Waals surface area contributed by atoms with Crippen LogP contribution in [0.5, 0.6) is 0 Å². The number of benzene rings is 2. The van der Waals surface area contributed by atoms with Crippen molar-refractivity contribution < 1.29 is 9.59 Å². The molecule has 0 saturated carbocycles. The van der Waals surface area contributed by atoms with Crippen LogP contribution < -0.4 is 10.6 Å². The van der Waals surface area contributed by atoms with Crippen molar-refractivity contribution in [2.24, 2.45) is 11.8 Å². The van der Waals surface area contributed by atoms with E-state index in [0.717, 1.165) is 22.5 Å². The van der Waals surface area contributed by atoms with Crippen molar-refractivity contribution in [2.45, 2.75) is 32.7 Å². The molecule has 0 radical (unpaired) electrons. The van der Waals surface area contributed by atoms with E-state index >= 15 is 0 Å². The highest BCUT2D eigenvalue weighted by atomic mass is 16.2. The molecule has 1 saturated heterocycles. The largest absolute Gasteiger partial charge is 0.346 e. The van der Waals surface area contributed by atoms with E-state index in [2.05, 4.69) is 34.4 Å². The summed E-state index contributed by atoms with van der Waals surface area (Å²) in [6.45, 7) is 5.28. The molecular weight excluding hydrogens is 390 g/mol. The maximum Gasteiger partial charge on any atom is 0.321 e. The summed E-state index contributed by atoms with van der Waals surface area (Å²) in [7, 11) is 0. The van der Waals surface area contributed by atoms with Gasteiger partial charge in [-0.2, -0.15) is 0 Å². The molecule has 7 heteroatoms. The van der Waals surface area contributed by atoms with Gasteiger partial charge in [0, 0.05) is 24.7 Å². The Balaban J connectivity index is 1.34. The van der Waals surface area contributed by atoms with Crippen LogP contribution in [-0.2, 0) is 4.79 Å². The topological polar surface area (TPSA) is 90.1 Å². The van der Waals surface area contributed by atoms with E-state index in [1.807, 2.05) is 54.6 Å². The minimum absolute atomic E-state index is 0.0299. The van der Waals surface area contributed by atoms with Crippen molar-refractivity contribution in [3.8, 4) is 0 Å². The van der Waals surface area contributed by atoms with Gasteiger partial charge in [-0.05, 0) is 43.0 Å². The van der Waals surface area contributed by atoms with Gasteiger partial charge in [-0.3, -0.25) is 4.79 Å². The third-order valence-electron chi connectivity index (χ3n) is 5.84. The van der Waals surface area contributed by atoms with E-state index < -0.39 is 0 Å². The maximum atomic E-state index is 13.0. The lowest BCUT2D eigenvalue weighted by molar-refractivity contribution is -0.127. The molecule has 162 valence electrons. The Bertz CT molecular complexity index is 1010. The Morgan fingerprint density at radius 3 is 2.39 bits per heavy atom. The Morgan fingerprint density at radius 2 is 1.71 bits per heavy atom. The summed E-state index contributed by atoms with van der Waals surface area (Å²) in [5.41, 5.74) is 2.64. The molecule has 31 heavy (non-hydrogen) atoms. The van der Waals surface area contributed by atoms with Gasteiger partial charge < -0.3 is 20.5 Å². The van der Waals surface area contributed by atoms with Crippen molar-refractivity contribution in [3.05, 3.63) is 60.4 Å². The molecule has 1 atom stereocenters. The zero-order chi connectivity index (χ0) is 21.8. The lowest BCUT2D eigenvalue weighted by Crippen LogP contribution is -2.45. The average Bonchev–Trinajstić information content (AvgIpc) is 3.21. The van der Waals surface area contributed by atoms with Crippen LogP contribution in [0.3, 0.4) is 0 Å². The normalized spacial score (nSPS) is 15.8. The fourth-order valence-corrected chi connectivity index (χ4v) is 4.01. The molecule has 1 aliphatic heterocycles. The van der Waals surface area contributed by atoms with Crippen LogP contribution in [-0.4, -0.2) is 39.9 Å². The average molecular weight is 420 g/mol. The molecule has 3 aromatic rings. The number of urea groups is 1. The Morgan fingerprint density at radius 1 is 1.03 bits per heavy atom. The molecule has 1 aromatic heterocycles. The SMILES string of the molecule is CC(C)C(NC(=O)C1CCN(C(=O)Nc2ccccc2)CC1)c1nc2ccccc2[nH]1. The quantitative estimate of drug-likeness (QED) is 0.575. The minimum atomic E-state index is -0.181. The number of anilines is 1. The van der Waals surface area contributed by atoms with Crippen molar-refractivity contribution in [1.82, 2.24) is 20.2 Å². The summed E-state index contributed by atoms with van der Waals surface area (Å²) in [5.74, 6) is 0.902. The third kappa shape index (κ3) is 4.87. The van der Waals surface area contributed by atoms with E-state index in [4.69, 9.17) is 0 Å². The number of imidazole rings is 1. The van der Waals surface area contributed by atoms with Crippen LogP contribution in [0.2, 0.25) is 0 Å². The molecule has 0 spiro atoms. The van der Waals surface area contributed by atoms with Gasteiger partial charge in [-0.15, -0.1) is 0 Å². The smallest absolute Gasteiger partial charge is 0.321 e. The first-order valence-electron chi connectivity index (χ1n) is 10.9. The van der Waals surface area contributed by atoms with Crippen LogP contribution in [0, 0.1) is 11.8 Å². The van der Waals surface area contributed by atoms with E-state index in [9.17, 15) is 9.59 Å². The molecule has 4 rings (SSSR count). The van der Waals surface area contributed by atoms with Gasteiger partial charge in [0.25, 0.3) is 0 Å². The van der Waals surface area contributed by atoms with Gasteiger partial charge in [0.15, 0.2) is 0 Å². The van der Waals surface area contributed by atoms with E-state index in [1.165, 1.54) is 0 Å². The number of carbonyl (C=O) groups excluding carboxylic acids is 2. The van der Waals surface area contributed by atoms with Gasteiger partial charge in [-0.1, -0.05) is 44.2 Å². The molecule has 2 aromatic carbocycles. The summed E-state index contributed by atoms with van der Waals surface area (Å²) in [6.07, 6.45) is 1.30. The first-order valence-corrected chi connectivity index (χ1v) is 10.9. The molecule has 1 aliphatic rings.